The molecule has 0 radical (unpaired) electrons. The first kappa shape index (κ1) is 23.3. The summed E-state index contributed by atoms with van der Waals surface area (Å²) in [7, 11) is 1.29. The monoisotopic (exact) mass is 515 g/mol. The predicted molar refractivity (Wildman–Crippen MR) is 128 cm³/mol. The molecule has 182 valence electrons. The number of aryl methyl sites for hydroxylation is 1. The third-order valence-corrected chi connectivity index (χ3v) is 8.22. The van der Waals surface area contributed by atoms with Crippen LogP contribution < -0.4 is 15.6 Å². The predicted octanol–water partition coefficient (Wildman–Crippen LogP) is 0.289. The molecule has 3 aliphatic rings. The molecule has 0 aromatic carbocycles. The second-order valence-electron chi connectivity index (χ2n) is 8.26. The van der Waals surface area contributed by atoms with Crippen molar-refractivity contribution >= 4 is 51.7 Å². The fourth-order valence-electron chi connectivity index (χ4n) is 4.62. The number of nitrogens with one attached hydrogen (secondary N) is 1. The van der Waals surface area contributed by atoms with Gasteiger partial charge in [0.1, 0.15) is 29.9 Å². The number of carbonyl (C=O) groups is 3. The quantitative estimate of drug-likeness (QED) is 0.206. The van der Waals surface area contributed by atoms with Gasteiger partial charge in [-0.05, 0) is 25.0 Å². The third kappa shape index (κ3) is 4.25. The van der Waals surface area contributed by atoms with Crippen molar-refractivity contribution in [1.29, 1.82) is 0 Å². The highest BCUT2D eigenvalue weighted by Gasteiger charge is 2.55. The second-order valence-corrected chi connectivity index (χ2v) is 10.5. The van der Waals surface area contributed by atoms with Crippen LogP contribution in [0, 0.1) is 0 Å². The SMILES string of the molecule is CO/N=C(/C(=O)N[C@@H]1C(=O)N2C(C(=O)O)=C[C@H](C[n+]3cccc4c3CCC4)S[C@H]12)c1csc(N)n1. The number of β-lactam (4-membered cyclic amide) rings is 1. The van der Waals surface area contributed by atoms with E-state index in [1.807, 2.05) is 12.3 Å². The number of thioether (sulfide) groups is 1. The Labute approximate surface area is 208 Å². The van der Waals surface area contributed by atoms with E-state index in [0.717, 1.165) is 30.6 Å². The first-order valence-corrected chi connectivity index (χ1v) is 12.8. The van der Waals surface area contributed by atoms with E-state index in [1.54, 1.807) is 11.5 Å². The molecule has 2 aromatic heterocycles. The molecule has 0 bridgehead atoms. The number of hydrogen-bond donors (Lipinski definition) is 3. The molecule has 13 heteroatoms. The van der Waals surface area contributed by atoms with Gasteiger partial charge in [0.25, 0.3) is 11.8 Å². The Kier molecular flexibility index (Phi) is 6.19. The molecule has 2 aromatic rings. The maximum absolute atomic E-state index is 13.0. The number of oxime groups is 1. The Morgan fingerprint density at radius 1 is 1.43 bits per heavy atom. The summed E-state index contributed by atoms with van der Waals surface area (Å²) >= 11 is 2.59. The normalized spacial score (nSPS) is 23.2. The van der Waals surface area contributed by atoms with Gasteiger partial charge in [-0.25, -0.2) is 14.3 Å². The number of thiazole rings is 1. The van der Waals surface area contributed by atoms with Gasteiger partial charge in [0.05, 0.1) is 5.25 Å². The third-order valence-electron chi connectivity index (χ3n) is 6.15. The van der Waals surface area contributed by atoms with Crippen LogP contribution in [0.3, 0.4) is 0 Å². The number of nitrogens with two attached hydrogens (primary N) is 1. The minimum atomic E-state index is -1.18. The summed E-state index contributed by atoms with van der Waals surface area (Å²) in [4.78, 5) is 47.9. The Morgan fingerprint density at radius 2 is 2.26 bits per heavy atom. The molecular formula is C22H23N6O5S2+. The highest BCUT2D eigenvalue weighted by Crippen LogP contribution is 2.41. The number of fused-ring (bicyclic) bond motifs is 2. The maximum atomic E-state index is 13.0. The Balaban J connectivity index is 1.36. The van der Waals surface area contributed by atoms with Crippen molar-refractivity contribution in [2.45, 2.75) is 42.5 Å². The van der Waals surface area contributed by atoms with E-state index in [-0.39, 0.29) is 27.5 Å². The number of carboxylic acids is 1. The first-order valence-electron chi connectivity index (χ1n) is 10.9. The maximum Gasteiger partial charge on any atom is 0.352 e. The molecule has 11 nitrogen and oxygen atoms in total. The molecule has 1 saturated heterocycles. The van der Waals surface area contributed by atoms with Crippen LogP contribution in [0.5, 0.6) is 0 Å². The summed E-state index contributed by atoms with van der Waals surface area (Å²) in [6.45, 7) is 0.568. The molecule has 35 heavy (non-hydrogen) atoms. The minimum Gasteiger partial charge on any atom is -0.477 e. The molecule has 4 N–H and O–H groups in total. The van der Waals surface area contributed by atoms with Gasteiger partial charge in [0.15, 0.2) is 29.3 Å². The summed E-state index contributed by atoms with van der Waals surface area (Å²) < 4.78 is 2.16. The van der Waals surface area contributed by atoms with Crippen LogP contribution in [0.2, 0.25) is 0 Å². The lowest BCUT2D eigenvalue weighted by atomic mass is 10.0. The van der Waals surface area contributed by atoms with E-state index in [0.29, 0.717) is 6.54 Å². The summed E-state index contributed by atoms with van der Waals surface area (Å²) in [6.07, 6.45) is 6.75. The average Bonchev–Trinajstić information content (AvgIpc) is 3.49. The molecule has 0 spiro atoms. The summed E-state index contributed by atoms with van der Waals surface area (Å²) in [5.41, 5.74) is 8.29. The number of nitrogen functional groups attached to an aromatic ring is 1. The molecule has 5 rings (SSSR count). The lowest BCUT2D eigenvalue weighted by Gasteiger charge is -2.49. The molecule has 0 unspecified atom stereocenters. The first-order chi connectivity index (χ1) is 16.9. The smallest absolute Gasteiger partial charge is 0.352 e. The standard InChI is InChI=1S/C22H22N6O5S2/c1-33-26-16(13-10-34-22(23)24-13)18(29)25-17-19(30)28-15(21(31)32)8-12(35-20(17)28)9-27-7-3-5-11-4-2-6-14(11)27/h3,5,7-8,10,12,17,20H,2,4,6,9H2,1H3,(H3-,23,24,25,29,31,32)/p+1/b26-16+/t12-,17-,20-/m1/s1. The van der Waals surface area contributed by atoms with Crippen LogP contribution >= 0.6 is 23.1 Å². The largest absolute Gasteiger partial charge is 0.477 e. The molecule has 0 saturated carbocycles. The zero-order valence-electron chi connectivity index (χ0n) is 18.7. The highest BCUT2D eigenvalue weighted by molar-refractivity contribution is 8.00. The van der Waals surface area contributed by atoms with Crippen LogP contribution in [-0.4, -0.2) is 62.3 Å². The number of carboxylic acid groups (broad SMARTS) is 1. The van der Waals surface area contributed by atoms with Crippen molar-refractivity contribution in [2.75, 3.05) is 12.8 Å². The van der Waals surface area contributed by atoms with E-state index in [1.165, 1.54) is 35.0 Å². The number of carbonyl (C=O) groups excluding carboxylic acids is 2. The van der Waals surface area contributed by atoms with Crippen molar-refractivity contribution in [3.63, 3.8) is 0 Å². The number of rotatable bonds is 7. The number of nitrogens with zero attached hydrogens (tertiary/aromatic N) is 4. The molecule has 1 fully saturated rings. The minimum absolute atomic E-state index is 0.0690. The van der Waals surface area contributed by atoms with Crippen molar-refractivity contribution in [2.24, 2.45) is 5.16 Å². The lowest BCUT2D eigenvalue weighted by Crippen LogP contribution is -2.71. The topological polar surface area (TPSA) is 151 Å². The molecule has 3 atom stereocenters. The molecule has 1 aliphatic carbocycles. The van der Waals surface area contributed by atoms with E-state index in [4.69, 9.17) is 10.6 Å². The van der Waals surface area contributed by atoms with Gasteiger partial charge in [-0.3, -0.25) is 14.5 Å². The zero-order chi connectivity index (χ0) is 24.7. The van der Waals surface area contributed by atoms with E-state index in [9.17, 15) is 19.5 Å². The number of aliphatic carboxylic acids is 1. The van der Waals surface area contributed by atoms with Gasteiger partial charge < -0.3 is 21.0 Å². The van der Waals surface area contributed by atoms with E-state index >= 15 is 0 Å². The Bertz CT molecular complexity index is 1270. The number of amides is 2. The summed E-state index contributed by atoms with van der Waals surface area (Å²) in [5.74, 6) is -2.33. The van der Waals surface area contributed by atoms with E-state index in [2.05, 4.69) is 26.1 Å². The van der Waals surface area contributed by atoms with Crippen LogP contribution in [0.15, 0.2) is 40.6 Å². The van der Waals surface area contributed by atoms with Gasteiger partial charge in [0.2, 0.25) is 0 Å². The number of aromatic nitrogens is 2. The fourth-order valence-corrected chi connectivity index (χ4v) is 6.66. The van der Waals surface area contributed by atoms with Crippen molar-refractivity contribution in [1.82, 2.24) is 15.2 Å². The number of pyridine rings is 1. The summed E-state index contributed by atoms with van der Waals surface area (Å²) in [6, 6.07) is 3.21. The lowest BCUT2D eigenvalue weighted by molar-refractivity contribution is -0.702. The van der Waals surface area contributed by atoms with Gasteiger partial charge >= 0.3 is 5.97 Å². The Hall–Kier alpha value is -3.45. The zero-order valence-corrected chi connectivity index (χ0v) is 20.3. The molecule has 2 aliphatic heterocycles. The van der Waals surface area contributed by atoms with Gasteiger partial charge in [0, 0.05) is 23.4 Å². The van der Waals surface area contributed by atoms with E-state index < -0.39 is 29.2 Å². The van der Waals surface area contributed by atoms with Crippen molar-refractivity contribution in [3.05, 3.63) is 52.4 Å². The molecule has 2 amide bonds. The number of hydrogen-bond acceptors (Lipinski definition) is 9. The fraction of sp³-hybridized carbons (Fsp3) is 0.364. The van der Waals surface area contributed by atoms with Crippen molar-refractivity contribution < 1.29 is 28.9 Å². The Morgan fingerprint density at radius 3 is 2.97 bits per heavy atom. The number of anilines is 1. The van der Waals surface area contributed by atoms with Gasteiger partial charge in [-0.2, -0.15) is 0 Å². The van der Waals surface area contributed by atoms with Gasteiger partial charge in [-0.1, -0.05) is 5.16 Å². The van der Waals surface area contributed by atoms with Crippen LogP contribution in [0.4, 0.5) is 5.13 Å². The van der Waals surface area contributed by atoms with Crippen molar-refractivity contribution in [3.8, 4) is 0 Å². The highest BCUT2D eigenvalue weighted by atomic mass is 32.2. The average molecular weight is 516 g/mol. The molecule has 4 heterocycles. The van der Waals surface area contributed by atoms with Crippen LogP contribution in [0.25, 0.3) is 0 Å². The van der Waals surface area contributed by atoms with Gasteiger partial charge in [-0.15, -0.1) is 23.1 Å². The van der Waals surface area contributed by atoms with Crippen LogP contribution in [-0.2, 0) is 38.6 Å². The molecular weight excluding hydrogens is 492 g/mol. The summed E-state index contributed by atoms with van der Waals surface area (Å²) in [5, 5.41) is 17.3. The second kappa shape index (κ2) is 9.30. The van der Waals surface area contributed by atoms with Crippen LogP contribution in [0.1, 0.15) is 23.4 Å².